The first kappa shape index (κ1) is 22.8. The molecule has 11 heteroatoms. The highest BCUT2D eigenvalue weighted by atomic mass is 32.1. The Labute approximate surface area is 204 Å². The van der Waals surface area contributed by atoms with Gasteiger partial charge in [-0.05, 0) is 43.0 Å². The summed E-state index contributed by atoms with van der Waals surface area (Å²) >= 11 is 1.37. The summed E-state index contributed by atoms with van der Waals surface area (Å²) in [4.78, 5) is 60.6. The number of aryl methyl sites for hydroxylation is 2. The number of ketones is 1. The van der Waals surface area contributed by atoms with Crippen LogP contribution in [0.4, 0.5) is 0 Å². The fourth-order valence-corrected chi connectivity index (χ4v) is 5.37. The van der Waals surface area contributed by atoms with E-state index in [2.05, 4.69) is 20.6 Å². The molecule has 0 atom stereocenters. The third-order valence-electron chi connectivity index (χ3n) is 6.29. The minimum Gasteiger partial charge on any atom is -0.469 e. The number of carbonyl (C=O) groups is 3. The lowest BCUT2D eigenvalue weighted by Crippen LogP contribution is -2.40. The summed E-state index contributed by atoms with van der Waals surface area (Å²) in [5.41, 5.74) is 2.81. The van der Waals surface area contributed by atoms with Crippen LogP contribution in [0.15, 0.2) is 34.6 Å². The van der Waals surface area contributed by atoms with Gasteiger partial charge in [-0.25, -0.2) is 4.98 Å². The number of aromatic nitrogens is 2. The first-order valence-electron chi connectivity index (χ1n) is 11.1. The smallest absolute Gasteiger partial charge is 0.287 e. The van der Waals surface area contributed by atoms with Crippen LogP contribution in [0.25, 0.3) is 10.2 Å². The summed E-state index contributed by atoms with van der Waals surface area (Å²) in [6.45, 7) is 4.18. The fourth-order valence-electron chi connectivity index (χ4n) is 4.34. The SMILES string of the molecule is CNC1=C(N2CCc3ccc(CNC(=O)c4nc5sc(C)c(C)c5c(=O)[nH]4)cc3C2=O)C(=O)CO1. The van der Waals surface area contributed by atoms with Gasteiger partial charge in [0, 0.05) is 30.6 Å². The second-order valence-corrected chi connectivity index (χ2v) is 9.60. The number of nitrogens with one attached hydrogen (secondary N) is 3. The van der Waals surface area contributed by atoms with Gasteiger partial charge in [0.2, 0.25) is 17.5 Å². The summed E-state index contributed by atoms with van der Waals surface area (Å²) in [6, 6.07) is 5.42. The molecule has 3 N–H and O–H groups in total. The van der Waals surface area contributed by atoms with E-state index < -0.39 is 5.91 Å². The molecule has 0 spiro atoms. The Morgan fingerprint density at radius 3 is 2.83 bits per heavy atom. The first-order valence-corrected chi connectivity index (χ1v) is 11.9. The standard InChI is InChI=1S/C24H23N5O5S/c1-11-12(2)35-23-17(11)20(31)27-19(28-23)21(32)26-9-13-4-5-14-6-7-29(24(33)15(14)8-13)18-16(30)10-34-22(18)25-3/h4-5,8,25H,6-7,9-10H2,1-3H3,(H,26,32)(H,27,28,31). The van der Waals surface area contributed by atoms with Crippen LogP contribution in [-0.2, 0) is 22.5 Å². The largest absolute Gasteiger partial charge is 0.469 e. The van der Waals surface area contributed by atoms with E-state index in [9.17, 15) is 19.2 Å². The van der Waals surface area contributed by atoms with Gasteiger partial charge in [0.25, 0.3) is 17.4 Å². The first-order chi connectivity index (χ1) is 16.8. The van der Waals surface area contributed by atoms with Gasteiger partial charge in [0.15, 0.2) is 12.3 Å². The molecule has 5 rings (SSSR count). The van der Waals surface area contributed by atoms with E-state index in [0.717, 1.165) is 16.0 Å². The van der Waals surface area contributed by atoms with E-state index >= 15 is 0 Å². The summed E-state index contributed by atoms with van der Waals surface area (Å²) in [5.74, 6) is -0.819. The van der Waals surface area contributed by atoms with E-state index in [-0.39, 0.29) is 41.9 Å². The number of hydrogen-bond donors (Lipinski definition) is 3. The van der Waals surface area contributed by atoms with Crippen LogP contribution >= 0.6 is 11.3 Å². The molecule has 0 radical (unpaired) electrons. The van der Waals surface area contributed by atoms with Crippen LogP contribution < -0.4 is 16.2 Å². The zero-order valence-electron chi connectivity index (χ0n) is 19.4. The normalized spacial score (nSPS) is 15.5. The second kappa shape index (κ2) is 8.66. The van der Waals surface area contributed by atoms with Gasteiger partial charge in [0.05, 0.1) is 5.39 Å². The summed E-state index contributed by atoms with van der Waals surface area (Å²) in [5, 5.41) is 6.09. The number of thiophene rings is 1. The Bertz CT molecular complexity index is 1500. The van der Waals surface area contributed by atoms with Crippen molar-refractivity contribution in [3.05, 3.63) is 73.1 Å². The van der Waals surface area contributed by atoms with E-state index in [0.29, 0.717) is 40.2 Å². The Morgan fingerprint density at radius 2 is 2.06 bits per heavy atom. The quantitative estimate of drug-likeness (QED) is 0.491. The van der Waals surface area contributed by atoms with E-state index in [1.807, 2.05) is 26.0 Å². The molecule has 0 fully saturated rings. The molecular weight excluding hydrogens is 470 g/mol. The molecule has 0 saturated carbocycles. The molecule has 0 unspecified atom stereocenters. The van der Waals surface area contributed by atoms with Crippen LogP contribution in [0, 0.1) is 13.8 Å². The number of rotatable bonds is 5. The number of amides is 2. The van der Waals surface area contributed by atoms with Crippen molar-refractivity contribution >= 4 is 39.2 Å². The molecular formula is C24H23N5O5S. The fraction of sp³-hybridized carbons (Fsp3) is 0.292. The Kier molecular flexibility index (Phi) is 5.64. The maximum atomic E-state index is 13.2. The molecule has 1 aromatic carbocycles. The zero-order valence-corrected chi connectivity index (χ0v) is 20.2. The van der Waals surface area contributed by atoms with E-state index in [1.54, 1.807) is 13.1 Å². The molecule has 2 aromatic heterocycles. The third-order valence-corrected chi connectivity index (χ3v) is 7.39. The third kappa shape index (κ3) is 3.87. The van der Waals surface area contributed by atoms with Crippen molar-refractivity contribution in [2.75, 3.05) is 20.2 Å². The molecule has 2 aliphatic heterocycles. The summed E-state index contributed by atoms with van der Waals surface area (Å²) in [7, 11) is 1.64. The highest BCUT2D eigenvalue weighted by molar-refractivity contribution is 7.18. The predicted octanol–water partition coefficient (Wildman–Crippen LogP) is 1.52. The molecule has 180 valence electrons. The Morgan fingerprint density at radius 1 is 1.26 bits per heavy atom. The minimum absolute atomic E-state index is 0.0600. The predicted molar refractivity (Wildman–Crippen MR) is 129 cm³/mol. The van der Waals surface area contributed by atoms with E-state index in [4.69, 9.17) is 4.74 Å². The molecule has 0 bridgehead atoms. The second-order valence-electron chi connectivity index (χ2n) is 8.40. The molecule has 0 saturated heterocycles. The number of aromatic amines is 1. The van der Waals surface area contributed by atoms with E-state index in [1.165, 1.54) is 16.2 Å². The van der Waals surface area contributed by atoms with Crippen LogP contribution in [-0.4, -0.2) is 52.7 Å². The monoisotopic (exact) mass is 493 g/mol. The van der Waals surface area contributed by atoms with Gasteiger partial charge in [-0.2, -0.15) is 0 Å². The topological polar surface area (TPSA) is 133 Å². The van der Waals surface area contributed by atoms with Gasteiger partial charge in [-0.3, -0.25) is 19.2 Å². The van der Waals surface area contributed by atoms with Crippen LogP contribution in [0.5, 0.6) is 0 Å². The minimum atomic E-state index is -0.518. The number of carbonyl (C=O) groups excluding carboxylic acids is 3. The number of nitrogens with zero attached hydrogens (tertiary/aromatic N) is 2. The van der Waals surface area contributed by atoms with Crippen LogP contribution in [0.3, 0.4) is 0 Å². The van der Waals surface area contributed by atoms with Gasteiger partial charge in [-0.1, -0.05) is 12.1 Å². The number of hydrogen-bond acceptors (Lipinski definition) is 8. The van der Waals surface area contributed by atoms with Crippen molar-refractivity contribution in [3.8, 4) is 0 Å². The van der Waals surface area contributed by atoms with Crippen molar-refractivity contribution in [2.45, 2.75) is 26.8 Å². The Hall–Kier alpha value is -3.99. The Balaban J connectivity index is 1.35. The molecule has 2 aliphatic rings. The van der Waals surface area contributed by atoms with Crippen molar-refractivity contribution in [1.82, 2.24) is 25.5 Å². The highest BCUT2D eigenvalue weighted by Crippen LogP contribution is 2.28. The number of benzene rings is 1. The average Bonchev–Trinajstić information content (AvgIpc) is 3.36. The van der Waals surface area contributed by atoms with Crippen molar-refractivity contribution in [2.24, 2.45) is 0 Å². The molecule has 4 heterocycles. The van der Waals surface area contributed by atoms with Gasteiger partial charge in [0.1, 0.15) is 4.83 Å². The highest BCUT2D eigenvalue weighted by Gasteiger charge is 2.36. The lowest BCUT2D eigenvalue weighted by Gasteiger charge is -2.29. The molecule has 35 heavy (non-hydrogen) atoms. The lowest BCUT2D eigenvalue weighted by molar-refractivity contribution is -0.117. The lowest BCUT2D eigenvalue weighted by atomic mass is 9.96. The van der Waals surface area contributed by atoms with Crippen LogP contribution in [0.1, 0.15) is 42.5 Å². The number of ether oxygens (including phenoxy) is 1. The van der Waals surface area contributed by atoms with Crippen molar-refractivity contribution < 1.29 is 19.1 Å². The molecule has 3 aromatic rings. The molecule has 0 aliphatic carbocycles. The molecule has 2 amide bonds. The number of H-pyrrole nitrogens is 1. The van der Waals surface area contributed by atoms with Crippen LogP contribution in [0.2, 0.25) is 0 Å². The maximum absolute atomic E-state index is 13.2. The summed E-state index contributed by atoms with van der Waals surface area (Å²) in [6.07, 6.45) is 0.590. The van der Waals surface area contributed by atoms with Gasteiger partial charge < -0.3 is 25.3 Å². The van der Waals surface area contributed by atoms with Gasteiger partial charge >= 0.3 is 0 Å². The van der Waals surface area contributed by atoms with Crippen molar-refractivity contribution in [3.63, 3.8) is 0 Å². The summed E-state index contributed by atoms with van der Waals surface area (Å²) < 4.78 is 5.34. The zero-order chi connectivity index (χ0) is 24.9. The van der Waals surface area contributed by atoms with Crippen molar-refractivity contribution in [1.29, 1.82) is 0 Å². The maximum Gasteiger partial charge on any atom is 0.287 e. The average molecular weight is 494 g/mol. The number of fused-ring (bicyclic) bond motifs is 2. The molecule has 10 nitrogen and oxygen atoms in total. The van der Waals surface area contributed by atoms with Gasteiger partial charge in [-0.15, -0.1) is 11.3 Å². The number of Topliss-reactive ketones (excluding diaryl/α,β-unsaturated/α-hetero) is 1.